The number of aryl methyl sites for hydroxylation is 1. The standard InChI is InChI=1S/C24H28N2O3/c1-2-28-20-11-9-18(10-12-20)7-8-19-13-15-26(16-14-19)24(27)17-22-21-5-3-4-6-23(21)29-25-22/h3-6,9-12,19H,2,7-8,13-17H2,1H3. The van der Waals surface area contributed by atoms with Crippen LogP contribution in [0.15, 0.2) is 53.1 Å². The first-order chi connectivity index (χ1) is 14.2. The highest BCUT2D eigenvalue weighted by molar-refractivity contribution is 5.86. The fourth-order valence-corrected chi connectivity index (χ4v) is 4.08. The Labute approximate surface area is 171 Å². The van der Waals surface area contributed by atoms with Crippen molar-refractivity contribution in [1.82, 2.24) is 10.1 Å². The maximum absolute atomic E-state index is 12.7. The quantitative estimate of drug-likeness (QED) is 0.588. The van der Waals surface area contributed by atoms with Gasteiger partial charge < -0.3 is 14.2 Å². The van der Waals surface area contributed by atoms with Crippen LogP contribution in [0.4, 0.5) is 0 Å². The lowest BCUT2D eigenvalue weighted by atomic mass is 9.90. The summed E-state index contributed by atoms with van der Waals surface area (Å²) in [6.07, 6.45) is 4.71. The maximum atomic E-state index is 12.7. The number of carbonyl (C=O) groups excluding carboxylic acids is 1. The van der Waals surface area contributed by atoms with E-state index in [1.54, 1.807) is 0 Å². The summed E-state index contributed by atoms with van der Waals surface area (Å²) in [7, 11) is 0. The van der Waals surface area contributed by atoms with E-state index in [0.29, 0.717) is 18.9 Å². The number of nitrogens with zero attached hydrogens (tertiary/aromatic N) is 2. The smallest absolute Gasteiger partial charge is 0.228 e. The molecule has 1 aliphatic rings. The number of amides is 1. The Kier molecular flexibility index (Phi) is 6.13. The minimum absolute atomic E-state index is 0.147. The molecule has 0 bridgehead atoms. The average Bonchev–Trinajstić information content (AvgIpc) is 3.17. The molecule has 1 aliphatic heterocycles. The third-order valence-corrected chi connectivity index (χ3v) is 5.81. The monoisotopic (exact) mass is 392 g/mol. The van der Waals surface area contributed by atoms with Crippen LogP contribution in [0.3, 0.4) is 0 Å². The number of para-hydroxylation sites is 1. The Morgan fingerprint density at radius 3 is 2.66 bits per heavy atom. The minimum atomic E-state index is 0.147. The second kappa shape index (κ2) is 9.12. The summed E-state index contributed by atoms with van der Waals surface area (Å²) in [6.45, 7) is 4.37. The zero-order chi connectivity index (χ0) is 20.1. The van der Waals surface area contributed by atoms with E-state index in [0.717, 1.165) is 54.8 Å². The van der Waals surface area contributed by atoms with Crippen molar-refractivity contribution in [3.05, 3.63) is 59.8 Å². The van der Waals surface area contributed by atoms with E-state index in [4.69, 9.17) is 9.26 Å². The Bertz CT molecular complexity index is 940. The molecule has 0 atom stereocenters. The van der Waals surface area contributed by atoms with Gasteiger partial charge in [0.1, 0.15) is 11.4 Å². The van der Waals surface area contributed by atoms with Crippen LogP contribution in [0, 0.1) is 5.92 Å². The number of ether oxygens (including phenoxy) is 1. The van der Waals surface area contributed by atoms with Crippen LogP contribution in [0.2, 0.25) is 0 Å². The van der Waals surface area contributed by atoms with Gasteiger partial charge in [-0.2, -0.15) is 0 Å². The van der Waals surface area contributed by atoms with Gasteiger partial charge in [0.25, 0.3) is 0 Å². The average molecular weight is 392 g/mol. The van der Waals surface area contributed by atoms with Crippen molar-refractivity contribution in [3.8, 4) is 5.75 Å². The van der Waals surface area contributed by atoms with E-state index < -0.39 is 0 Å². The summed E-state index contributed by atoms with van der Waals surface area (Å²) in [5.74, 6) is 1.76. The second-order valence-corrected chi connectivity index (χ2v) is 7.74. The molecule has 29 heavy (non-hydrogen) atoms. The molecule has 152 valence electrons. The molecule has 0 saturated carbocycles. The minimum Gasteiger partial charge on any atom is -0.494 e. The highest BCUT2D eigenvalue weighted by Gasteiger charge is 2.24. The maximum Gasteiger partial charge on any atom is 0.228 e. The SMILES string of the molecule is CCOc1ccc(CCC2CCN(C(=O)Cc3noc4ccccc34)CC2)cc1. The number of piperidine rings is 1. The number of benzene rings is 2. The van der Waals surface area contributed by atoms with Crippen molar-refractivity contribution >= 4 is 16.9 Å². The van der Waals surface area contributed by atoms with Gasteiger partial charge in [-0.05, 0) is 68.4 Å². The Balaban J connectivity index is 1.24. The molecule has 5 heteroatoms. The number of hydrogen-bond acceptors (Lipinski definition) is 4. The highest BCUT2D eigenvalue weighted by atomic mass is 16.5. The molecule has 1 aromatic heterocycles. The van der Waals surface area contributed by atoms with Crippen molar-refractivity contribution in [2.24, 2.45) is 5.92 Å². The number of likely N-dealkylation sites (tertiary alicyclic amines) is 1. The number of hydrogen-bond donors (Lipinski definition) is 0. The van der Waals surface area contributed by atoms with E-state index in [1.807, 2.05) is 48.2 Å². The van der Waals surface area contributed by atoms with Gasteiger partial charge in [-0.1, -0.05) is 29.4 Å². The van der Waals surface area contributed by atoms with Crippen molar-refractivity contribution < 1.29 is 14.1 Å². The summed E-state index contributed by atoms with van der Waals surface area (Å²) in [4.78, 5) is 14.7. The summed E-state index contributed by atoms with van der Waals surface area (Å²) < 4.78 is 10.8. The predicted octanol–water partition coefficient (Wildman–Crippen LogP) is 4.64. The van der Waals surface area contributed by atoms with Crippen LogP contribution in [-0.4, -0.2) is 35.7 Å². The first-order valence-corrected chi connectivity index (χ1v) is 10.6. The van der Waals surface area contributed by atoms with Crippen LogP contribution < -0.4 is 4.74 Å². The largest absolute Gasteiger partial charge is 0.494 e. The third kappa shape index (κ3) is 4.78. The van der Waals surface area contributed by atoms with Gasteiger partial charge in [0.2, 0.25) is 5.91 Å². The highest BCUT2D eigenvalue weighted by Crippen LogP contribution is 2.25. The van der Waals surface area contributed by atoms with Crippen molar-refractivity contribution in [2.75, 3.05) is 19.7 Å². The molecule has 0 N–H and O–H groups in total. The number of fused-ring (bicyclic) bond motifs is 1. The molecule has 0 unspecified atom stereocenters. The van der Waals surface area contributed by atoms with E-state index >= 15 is 0 Å². The zero-order valence-electron chi connectivity index (χ0n) is 17.0. The molecule has 5 nitrogen and oxygen atoms in total. The van der Waals surface area contributed by atoms with Gasteiger partial charge in [-0.3, -0.25) is 4.79 Å². The first kappa shape index (κ1) is 19.5. The van der Waals surface area contributed by atoms with Crippen LogP contribution in [0.25, 0.3) is 11.0 Å². The summed E-state index contributed by atoms with van der Waals surface area (Å²) >= 11 is 0. The fourth-order valence-electron chi connectivity index (χ4n) is 4.08. The van der Waals surface area contributed by atoms with Gasteiger partial charge >= 0.3 is 0 Å². The number of carbonyl (C=O) groups is 1. The molecule has 0 aliphatic carbocycles. The van der Waals surface area contributed by atoms with Gasteiger partial charge in [0.15, 0.2) is 5.58 Å². The summed E-state index contributed by atoms with van der Waals surface area (Å²) in [5.41, 5.74) is 2.83. The lowest BCUT2D eigenvalue weighted by molar-refractivity contribution is -0.131. The normalized spacial score (nSPS) is 15.0. The molecular formula is C24H28N2O3. The molecule has 1 fully saturated rings. The lowest BCUT2D eigenvalue weighted by Crippen LogP contribution is -2.39. The topological polar surface area (TPSA) is 55.6 Å². The Morgan fingerprint density at radius 2 is 1.90 bits per heavy atom. The van der Waals surface area contributed by atoms with E-state index in [-0.39, 0.29) is 5.91 Å². The van der Waals surface area contributed by atoms with Gasteiger partial charge in [0, 0.05) is 18.5 Å². The fraction of sp³-hybridized carbons (Fsp3) is 0.417. The molecule has 3 aromatic rings. The van der Waals surface area contributed by atoms with E-state index in [1.165, 1.54) is 12.0 Å². The third-order valence-electron chi connectivity index (χ3n) is 5.81. The molecule has 0 radical (unpaired) electrons. The molecule has 1 saturated heterocycles. The second-order valence-electron chi connectivity index (χ2n) is 7.74. The first-order valence-electron chi connectivity index (χ1n) is 10.6. The van der Waals surface area contributed by atoms with E-state index in [9.17, 15) is 4.79 Å². The van der Waals surface area contributed by atoms with Gasteiger partial charge in [-0.15, -0.1) is 0 Å². The number of aromatic nitrogens is 1. The molecule has 2 aromatic carbocycles. The molecule has 2 heterocycles. The van der Waals surface area contributed by atoms with Crippen LogP contribution >= 0.6 is 0 Å². The van der Waals surface area contributed by atoms with Gasteiger partial charge in [-0.25, -0.2) is 0 Å². The molecule has 1 amide bonds. The lowest BCUT2D eigenvalue weighted by Gasteiger charge is -2.32. The summed E-state index contributed by atoms with van der Waals surface area (Å²) in [5, 5.41) is 5.03. The molecule has 4 rings (SSSR count). The zero-order valence-corrected chi connectivity index (χ0v) is 17.0. The Hall–Kier alpha value is -2.82. The van der Waals surface area contributed by atoms with Crippen LogP contribution in [-0.2, 0) is 17.6 Å². The Morgan fingerprint density at radius 1 is 1.14 bits per heavy atom. The predicted molar refractivity (Wildman–Crippen MR) is 113 cm³/mol. The van der Waals surface area contributed by atoms with Gasteiger partial charge in [0.05, 0.1) is 13.0 Å². The van der Waals surface area contributed by atoms with Crippen molar-refractivity contribution in [2.45, 2.75) is 39.0 Å². The number of rotatable bonds is 7. The van der Waals surface area contributed by atoms with E-state index in [2.05, 4.69) is 17.3 Å². The van der Waals surface area contributed by atoms with Crippen LogP contribution in [0.1, 0.15) is 37.4 Å². The van der Waals surface area contributed by atoms with Crippen LogP contribution in [0.5, 0.6) is 5.75 Å². The summed E-state index contributed by atoms with van der Waals surface area (Å²) in [6, 6.07) is 16.1. The van der Waals surface area contributed by atoms with Crippen molar-refractivity contribution in [1.29, 1.82) is 0 Å². The molecule has 0 spiro atoms. The molecular weight excluding hydrogens is 364 g/mol. The van der Waals surface area contributed by atoms with Crippen molar-refractivity contribution in [3.63, 3.8) is 0 Å².